The van der Waals surface area contributed by atoms with Gasteiger partial charge in [-0.1, -0.05) is 0 Å². The SMILES string of the molecule is C[C@@H](O)CSc1ncccc1Br. The minimum absolute atomic E-state index is 0.288. The van der Waals surface area contributed by atoms with Crippen LogP contribution in [0.2, 0.25) is 0 Å². The molecule has 0 spiro atoms. The average Bonchev–Trinajstić information content (AvgIpc) is 2.03. The molecule has 1 N–H and O–H groups in total. The van der Waals surface area contributed by atoms with Gasteiger partial charge < -0.3 is 5.11 Å². The fourth-order valence-corrected chi connectivity index (χ4v) is 2.02. The highest BCUT2D eigenvalue weighted by atomic mass is 79.9. The third-order valence-electron chi connectivity index (χ3n) is 1.19. The number of hydrogen-bond acceptors (Lipinski definition) is 3. The Balaban J connectivity index is 2.57. The quantitative estimate of drug-likeness (QED) is 0.833. The Morgan fingerprint density at radius 2 is 2.50 bits per heavy atom. The third kappa shape index (κ3) is 3.13. The highest BCUT2D eigenvalue weighted by Gasteiger charge is 2.02. The van der Waals surface area contributed by atoms with Gasteiger partial charge in [-0.05, 0) is 35.0 Å². The number of thioether (sulfide) groups is 1. The van der Waals surface area contributed by atoms with Gasteiger partial charge in [0.1, 0.15) is 5.03 Å². The Bertz CT molecular complexity index is 255. The van der Waals surface area contributed by atoms with Gasteiger partial charge in [-0.2, -0.15) is 0 Å². The van der Waals surface area contributed by atoms with E-state index in [1.54, 1.807) is 24.9 Å². The summed E-state index contributed by atoms with van der Waals surface area (Å²) in [5, 5.41) is 9.97. The summed E-state index contributed by atoms with van der Waals surface area (Å²) in [4.78, 5) is 4.16. The van der Waals surface area contributed by atoms with Crippen LogP contribution in [0.1, 0.15) is 6.92 Å². The summed E-state index contributed by atoms with van der Waals surface area (Å²) < 4.78 is 0.982. The van der Waals surface area contributed by atoms with E-state index in [1.165, 1.54) is 0 Å². The molecular formula is C8H10BrNOS. The first-order valence-electron chi connectivity index (χ1n) is 3.61. The number of nitrogens with zero attached hydrogens (tertiary/aromatic N) is 1. The zero-order valence-corrected chi connectivity index (χ0v) is 9.10. The molecular weight excluding hydrogens is 238 g/mol. The van der Waals surface area contributed by atoms with Crippen LogP contribution in [0.5, 0.6) is 0 Å². The molecule has 12 heavy (non-hydrogen) atoms. The molecule has 1 aromatic rings. The lowest BCUT2D eigenvalue weighted by Crippen LogP contribution is -2.02. The topological polar surface area (TPSA) is 33.1 Å². The van der Waals surface area contributed by atoms with Crippen molar-refractivity contribution >= 4 is 27.7 Å². The fourth-order valence-electron chi connectivity index (χ4n) is 0.677. The molecule has 0 aliphatic heterocycles. The highest BCUT2D eigenvalue weighted by molar-refractivity contribution is 9.10. The van der Waals surface area contributed by atoms with Gasteiger partial charge in [-0.3, -0.25) is 0 Å². The Labute approximate surface area is 84.5 Å². The van der Waals surface area contributed by atoms with Crippen molar-refractivity contribution in [2.24, 2.45) is 0 Å². The van der Waals surface area contributed by atoms with Crippen molar-refractivity contribution in [1.29, 1.82) is 0 Å². The number of rotatable bonds is 3. The van der Waals surface area contributed by atoms with Crippen LogP contribution in [-0.4, -0.2) is 21.9 Å². The first-order valence-corrected chi connectivity index (χ1v) is 5.39. The lowest BCUT2D eigenvalue weighted by Gasteiger charge is -2.03. The Kier molecular flexibility index (Phi) is 4.05. The zero-order valence-electron chi connectivity index (χ0n) is 6.70. The smallest absolute Gasteiger partial charge is 0.110 e. The molecule has 1 heterocycles. The summed E-state index contributed by atoms with van der Waals surface area (Å²) in [6.07, 6.45) is 1.46. The van der Waals surface area contributed by atoms with Crippen molar-refractivity contribution in [3.63, 3.8) is 0 Å². The van der Waals surface area contributed by atoms with Gasteiger partial charge in [0.2, 0.25) is 0 Å². The van der Waals surface area contributed by atoms with Gasteiger partial charge in [0, 0.05) is 16.4 Å². The zero-order chi connectivity index (χ0) is 8.97. The van der Waals surface area contributed by atoms with Gasteiger partial charge in [-0.25, -0.2) is 4.98 Å². The molecule has 0 bridgehead atoms. The number of halogens is 1. The molecule has 1 aromatic heterocycles. The maximum Gasteiger partial charge on any atom is 0.110 e. The largest absolute Gasteiger partial charge is 0.393 e. The van der Waals surface area contributed by atoms with Crippen LogP contribution in [0, 0.1) is 0 Å². The van der Waals surface area contributed by atoms with E-state index in [-0.39, 0.29) is 6.10 Å². The molecule has 1 rings (SSSR count). The summed E-state index contributed by atoms with van der Waals surface area (Å²) in [5.74, 6) is 0.676. The molecule has 0 radical (unpaired) electrons. The highest BCUT2D eigenvalue weighted by Crippen LogP contribution is 2.24. The summed E-state index contributed by atoms with van der Waals surface area (Å²) in [7, 11) is 0. The number of pyridine rings is 1. The Morgan fingerprint density at radius 1 is 1.75 bits per heavy atom. The van der Waals surface area contributed by atoms with E-state index in [4.69, 9.17) is 5.11 Å². The monoisotopic (exact) mass is 247 g/mol. The maximum atomic E-state index is 9.04. The summed E-state index contributed by atoms with van der Waals surface area (Å²) in [6.45, 7) is 1.77. The average molecular weight is 248 g/mol. The van der Waals surface area contributed by atoms with E-state index in [1.807, 2.05) is 12.1 Å². The molecule has 4 heteroatoms. The van der Waals surface area contributed by atoms with Crippen LogP contribution in [0.15, 0.2) is 27.8 Å². The maximum absolute atomic E-state index is 9.04. The number of hydrogen-bond donors (Lipinski definition) is 1. The van der Waals surface area contributed by atoms with Crippen LogP contribution >= 0.6 is 27.7 Å². The van der Waals surface area contributed by atoms with Crippen LogP contribution in [0.3, 0.4) is 0 Å². The first kappa shape index (κ1) is 10.0. The van der Waals surface area contributed by atoms with Crippen LogP contribution in [-0.2, 0) is 0 Å². The Morgan fingerprint density at radius 3 is 3.08 bits per heavy atom. The van der Waals surface area contributed by atoms with E-state index >= 15 is 0 Å². The lowest BCUT2D eigenvalue weighted by atomic mass is 10.5. The molecule has 0 amide bonds. The van der Waals surface area contributed by atoms with Crippen molar-refractivity contribution in [2.45, 2.75) is 18.1 Å². The van der Waals surface area contributed by atoms with E-state index in [2.05, 4.69) is 20.9 Å². The van der Waals surface area contributed by atoms with E-state index in [9.17, 15) is 0 Å². The molecule has 1 atom stereocenters. The van der Waals surface area contributed by atoms with Gasteiger partial charge >= 0.3 is 0 Å². The molecule has 0 saturated heterocycles. The van der Waals surface area contributed by atoms with E-state index in [0.29, 0.717) is 5.75 Å². The van der Waals surface area contributed by atoms with Crippen LogP contribution in [0.4, 0.5) is 0 Å². The predicted molar refractivity (Wildman–Crippen MR) is 54.3 cm³/mol. The van der Waals surface area contributed by atoms with E-state index in [0.717, 1.165) is 9.50 Å². The van der Waals surface area contributed by atoms with Crippen molar-refractivity contribution in [2.75, 3.05) is 5.75 Å². The predicted octanol–water partition coefficient (Wildman–Crippen LogP) is 2.32. The Hall–Kier alpha value is -0.0600. The molecule has 0 aromatic carbocycles. The van der Waals surface area contributed by atoms with Gasteiger partial charge in [0.25, 0.3) is 0 Å². The normalized spacial score (nSPS) is 12.9. The molecule has 0 unspecified atom stereocenters. The standard InChI is InChI=1S/C8H10BrNOS/c1-6(11)5-12-8-7(9)3-2-4-10-8/h2-4,6,11H,5H2,1H3/t6-/m1/s1. The number of aliphatic hydroxyl groups excluding tert-OH is 1. The van der Waals surface area contributed by atoms with Crippen molar-refractivity contribution in [1.82, 2.24) is 4.98 Å². The van der Waals surface area contributed by atoms with Gasteiger partial charge in [-0.15, -0.1) is 11.8 Å². The second-order valence-corrected chi connectivity index (χ2v) is 4.31. The lowest BCUT2D eigenvalue weighted by molar-refractivity contribution is 0.220. The van der Waals surface area contributed by atoms with Gasteiger partial charge in [0.15, 0.2) is 0 Å². The molecule has 2 nitrogen and oxygen atoms in total. The second kappa shape index (κ2) is 4.84. The molecule has 0 fully saturated rings. The molecule has 0 aliphatic rings. The second-order valence-electron chi connectivity index (χ2n) is 2.45. The minimum Gasteiger partial charge on any atom is -0.393 e. The van der Waals surface area contributed by atoms with Crippen LogP contribution in [0.25, 0.3) is 0 Å². The van der Waals surface area contributed by atoms with Crippen LogP contribution < -0.4 is 0 Å². The molecule has 0 aliphatic carbocycles. The fraction of sp³-hybridized carbons (Fsp3) is 0.375. The number of aromatic nitrogens is 1. The minimum atomic E-state index is -0.288. The molecule has 0 saturated carbocycles. The molecule has 66 valence electrons. The van der Waals surface area contributed by atoms with Crippen molar-refractivity contribution in [3.8, 4) is 0 Å². The third-order valence-corrected chi connectivity index (χ3v) is 3.34. The van der Waals surface area contributed by atoms with E-state index < -0.39 is 0 Å². The summed E-state index contributed by atoms with van der Waals surface area (Å²) in [5.41, 5.74) is 0. The van der Waals surface area contributed by atoms with Crippen molar-refractivity contribution in [3.05, 3.63) is 22.8 Å². The number of aliphatic hydroxyl groups is 1. The van der Waals surface area contributed by atoms with Gasteiger partial charge in [0.05, 0.1) is 6.10 Å². The first-order chi connectivity index (χ1) is 5.70. The van der Waals surface area contributed by atoms with Crippen molar-refractivity contribution < 1.29 is 5.11 Å². The summed E-state index contributed by atoms with van der Waals surface area (Å²) >= 11 is 4.93. The summed E-state index contributed by atoms with van der Waals surface area (Å²) in [6, 6.07) is 3.81.